The minimum atomic E-state index is -1.01. The van der Waals surface area contributed by atoms with E-state index < -0.39 is 30.1 Å². The second-order valence-electron chi connectivity index (χ2n) is 7.21. The average Bonchev–Trinajstić information content (AvgIpc) is 2.68. The number of carbonyl (C=O) groups is 3. The second kappa shape index (κ2) is 10.6. The Morgan fingerprint density at radius 1 is 0.967 bits per heavy atom. The van der Waals surface area contributed by atoms with Gasteiger partial charge in [0.15, 0.2) is 6.10 Å². The number of esters is 1. The molecule has 2 unspecified atom stereocenters. The van der Waals surface area contributed by atoms with Crippen LogP contribution in [0, 0.1) is 0 Å². The fourth-order valence-electron chi connectivity index (χ4n) is 2.78. The van der Waals surface area contributed by atoms with Gasteiger partial charge in [-0.1, -0.05) is 49.7 Å². The Kier molecular flexibility index (Phi) is 8.24. The van der Waals surface area contributed by atoms with E-state index in [0.29, 0.717) is 22.2 Å². The molecule has 0 heterocycles. The lowest BCUT2D eigenvalue weighted by Gasteiger charge is -2.19. The highest BCUT2D eigenvalue weighted by atomic mass is 35.5. The van der Waals surface area contributed by atoms with Crippen LogP contribution in [0.2, 0.25) is 5.02 Å². The van der Waals surface area contributed by atoms with Crippen molar-refractivity contribution in [3.63, 3.8) is 0 Å². The minimum Gasteiger partial charge on any atom is -0.452 e. The summed E-state index contributed by atoms with van der Waals surface area (Å²) >= 11 is 5.87. The summed E-state index contributed by atoms with van der Waals surface area (Å²) in [6.07, 6.45) is -1.20. The third-order valence-electron chi connectivity index (χ3n) is 4.48. The van der Waals surface area contributed by atoms with Gasteiger partial charge < -0.3 is 21.1 Å². The molecule has 0 saturated carbocycles. The minimum absolute atomic E-state index is 0.189. The zero-order chi connectivity index (χ0) is 22.3. The van der Waals surface area contributed by atoms with Crippen LogP contribution in [-0.4, -0.2) is 24.0 Å². The molecule has 2 atom stereocenters. The fraction of sp³-hybridized carbons (Fsp3) is 0.318. The Labute approximate surface area is 180 Å². The SMILES string of the molecule is CC(OC(=O)CC(NC(N)=O)c1ccc(Cl)cc1)C(=O)Nc1ccc(C(C)C)cc1. The number of halogens is 1. The van der Waals surface area contributed by atoms with Gasteiger partial charge in [0.1, 0.15) is 0 Å². The van der Waals surface area contributed by atoms with Crippen LogP contribution < -0.4 is 16.4 Å². The van der Waals surface area contributed by atoms with Crippen molar-refractivity contribution in [1.82, 2.24) is 5.32 Å². The first-order valence-corrected chi connectivity index (χ1v) is 9.95. The predicted molar refractivity (Wildman–Crippen MR) is 116 cm³/mol. The number of urea groups is 1. The maximum atomic E-state index is 12.3. The van der Waals surface area contributed by atoms with Crippen molar-refractivity contribution < 1.29 is 19.1 Å². The quantitative estimate of drug-likeness (QED) is 0.545. The summed E-state index contributed by atoms with van der Waals surface area (Å²) in [5.74, 6) is -0.717. The van der Waals surface area contributed by atoms with Gasteiger partial charge in [-0.3, -0.25) is 9.59 Å². The average molecular weight is 432 g/mol. The van der Waals surface area contributed by atoms with Crippen molar-refractivity contribution in [2.45, 2.75) is 45.3 Å². The molecule has 30 heavy (non-hydrogen) atoms. The molecule has 0 radical (unpaired) electrons. The molecule has 4 N–H and O–H groups in total. The Hall–Kier alpha value is -3.06. The number of anilines is 1. The Morgan fingerprint density at radius 2 is 1.53 bits per heavy atom. The lowest BCUT2D eigenvalue weighted by Crippen LogP contribution is -2.36. The van der Waals surface area contributed by atoms with Crippen molar-refractivity contribution >= 4 is 35.2 Å². The monoisotopic (exact) mass is 431 g/mol. The number of benzene rings is 2. The number of nitrogens with one attached hydrogen (secondary N) is 2. The molecule has 0 aliphatic carbocycles. The van der Waals surface area contributed by atoms with Gasteiger partial charge in [0.25, 0.3) is 5.91 Å². The van der Waals surface area contributed by atoms with Crippen LogP contribution in [0.3, 0.4) is 0 Å². The molecule has 0 fully saturated rings. The molecule has 0 saturated heterocycles. The number of hydrogen-bond donors (Lipinski definition) is 3. The van der Waals surface area contributed by atoms with E-state index in [1.807, 2.05) is 12.1 Å². The molecule has 2 aromatic carbocycles. The summed E-state index contributed by atoms with van der Waals surface area (Å²) in [5.41, 5.74) is 7.61. The molecular weight excluding hydrogens is 406 g/mol. The van der Waals surface area contributed by atoms with E-state index in [9.17, 15) is 14.4 Å². The first kappa shape index (κ1) is 23.2. The summed E-state index contributed by atoms with van der Waals surface area (Å²) in [6.45, 7) is 5.65. The van der Waals surface area contributed by atoms with Gasteiger partial charge in [-0.2, -0.15) is 0 Å². The number of amides is 3. The van der Waals surface area contributed by atoms with E-state index in [0.717, 1.165) is 5.56 Å². The lowest BCUT2D eigenvalue weighted by molar-refractivity contribution is -0.153. The molecule has 2 aromatic rings. The summed E-state index contributed by atoms with van der Waals surface area (Å²) in [5, 5.41) is 5.73. The van der Waals surface area contributed by atoms with E-state index in [-0.39, 0.29) is 6.42 Å². The van der Waals surface area contributed by atoms with E-state index in [1.165, 1.54) is 6.92 Å². The van der Waals surface area contributed by atoms with Crippen molar-refractivity contribution in [2.24, 2.45) is 5.73 Å². The highest BCUT2D eigenvalue weighted by Crippen LogP contribution is 2.21. The Morgan fingerprint density at radius 3 is 2.07 bits per heavy atom. The van der Waals surface area contributed by atoms with Gasteiger partial charge in [-0.25, -0.2) is 4.79 Å². The number of carbonyl (C=O) groups excluding carboxylic acids is 3. The molecule has 2 rings (SSSR count). The number of primary amides is 1. The largest absolute Gasteiger partial charge is 0.452 e. The van der Waals surface area contributed by atoms with Gasteiger partial charge in [-0.15, -0.1) is 0 Å². The molecule has 160 valence electrons. The molecule has 0 bridgehead atoms. The molecule has 3 amide bonds. The number of rotatable bonds is 8. The molecule has 7 nitrogen and oxygen atoms in total. The van der Waals surface area contributed by atoms with E-state index in [1.54, 1.807) is 36.4 Å². The molecule has 0 aliphatic rings. The number of hydrogen-bond acceptors (Lipinski definition) is 4. The molecule has 8 heteroatoms. The highest BCUT2D eigenvalue weighted by molar-refractivity contribution is 6.30. The molecule has 0 spiro atoms. The van der Waals surface area contributed by atoms with Crippen molar-refractivity contribution in [3.05, 3.63) is 64.7 Å². The first-order chi connectivity index (χ1) is 14.2. The maximum absolute atomic E-state index is 12.3. The number of nitrogens with two attached hydrogens (primary N) is 1. The van der Waals surface area contributed by atoms with Gasteiger partial charge in [0.05, 0.1) is 12.5 Å². The fourth-order valence-corrected chi connectivity index (χ4v) is 2.91. The zero-order valence-electron chi connectivity index (χ0n) is 17.1. The summed E-state index contributed by atoms with van der Waals surface area (Å²) in [7, 11) is 0. The first-order valence-electron chi connectivity index (χ1n) is 9.57. The van der Waals surface area contributed by atoms with Crippen molar-refractivity contribution in [3.8, 4) is 0 Å². The summed E-state index contributed by atoms with van der Waals surface area (Å²) < 4.78 is 5.23. The Bertz CT molecular complexity index is 882. The molecular formula is C22H26ClN3O4. The van der Waals surface area contributed by atoms with E-state index in [2.05, 4.69) is 24.5 Å². The molecule has 0 aliphatic heterocycles. The van der Waals surface area contributed by atoms with Gasteiger partial charge in [0.2, 0.25) is 0 Å². The second-order valence-corrected chi connectivity index (χ2v) is 7.65. The third-order valence-corrected chi connectivity index (χ3v) is 4.73. The van der Waals surface area contributed by atoms with Crippen LogP contribution in [0.15, 0.2) is 48.5 Å². The normalized spacial score (nSPS) is 12.7. The third kappa shape index (κ3) is 7.08. The topological polar surface area (TPSA) is 111 Å². The smallest absolute Gasteiger partial charge is 0.312 e. The van der Waals surface area contributed by atoms with Gasteiger partial charge in [0, 0.05) is 10.7 Å². The summed E-state index contributed by atoms with van der Waals surface area (Å²) in [4.78, 5) is 36.0. The van der Waals surface area contributed by atoms with Crippen LogP contribution >= 0.6 is 11.6 Å². The standard InChI is InChI=1S/C22H26ClN3O4/c1-13(2)15-6-10-18(11-7-15)25-21(28)14(3)30-20(27)12-19(26-22(24)29)16-4-8-17(23)9-5-16/h4-11,13-14,19H,12H2,1-3H3,(H,25,28)(H3,24,26,29). The Balaban J connectivity index is 1.95. The van der Waals surface area contributed by atoms with Gasteiger partial charge in [-0.05, 0) is 48.2 Å². The van der Waals surface area contributed by atoms with E-state index >= 15 is 0 Å². The van der Waals surface area contributed by atoms with Crippen LogP contribution in [0.5, 0.6) is 0 Å². The molecule has 0 aromatic heterocycles. The number of ether oxygens (including phenoxy) is 1. The van der Waals surface area contributed by atoms with Crippen molar-refractivity contribution in [1.29, 1.82) is 0 Å². The van der Waals surface area contributed by atoms with Gasteiger partial charge >= 0.3 is 12.0 Å². The van der Waals surface area contributed by atoms with Crippen LogP contribution in [0.25, 0.3) is 0 Å². The summed E-state index contributed by atoms with van der Waals surface area (Å²) in [6, 6.07) is 12.6. The lowest BCUT2D eigenvalue weighted by atomic mass is 10.0. The maximum Gasteiger partial charge on any atom is 0.312 e. The van der Waals surface area contributed by atoms with Crippen LogP contribution in [-0.2, 0) is 14.3 Å². The van der Waals surface area contributed by atoms with Crippen LogP contribution in [0.1, 0.15) is 50.3 Å². The predicted octanol–water partition coefficient (Wildman–Crippen LogP) is 4.13. The zero-order valence-corrected chi connectivity index (χ0v) is 17.9. The van der Waals surface area contributed by atoms with Crippen molar-refractivity contribution in [2.75, 3.05) is 5.32 Å². The highest BCUT2D eigenvalue weighted by Gasteiger charge is 2.23. The van der Waals surface area contributed by atoms with E-state index in [4.69, 9.17) is 22.1 Å². The van der Waals surface area contributed by atoms with Crippen LogP contribution in [0.4, 0.5) is 10.5 Å².